The SMILES string of the molecule is C1=C(NOCC2CCCN2)Oc2ccccc2C1. The maximum absolute atomic E-state index is 5.70. The zero-order chi connectivity index (χ0) is 12.2. The molecule has 2 aliphatic heterocycles. The van der Waals surface area contributed by atoms with Crippen LogP contribution in [0.5, 0.6) is 5.75 Å². The Hall–Kier alpha value is -1.52. The van der Waals surface area contributed by atoms with Crippen LogP contribution in [0.15, 0.2) is 36.2 Å². The van der Waals surface area contributed by atoms with E-state index in [2.05, 4.69) is 16.9 Å². The summed E-state index contributed by atoms with van der Waals surface area (Å²) >= 11 is 0. The van der Waals surface area contributed by atoms with Gasteiger partial charge in [-0.05, 0) is 43.5 Å². The van der Waals surface area contributed by atoms with E-state index in [0.717, 1.165) is 18.7 Å². The lowest BCUT2D eigenvalue weighted by Gasteiger charge is -2.19. The fraction of sp³-hybridized carbons (Fsp3) is 0.429. The summed E-state index contributed by atoms with van der Waals surface area (Å²) in [6.07, 6.45) is 5.30. The zero-order valence-electron chi connectivity index (χ0n) is 10.3. The van der Waals surface area contributed by atoms with Gasteiger partial charge in [-0.2, -0.15) is 0 Å². The maximum Gasteiger partial charge on any atom is 0.213 e. The molecule has 0 amide bonds. The normalized spacial score (nSPS) is 22.0. The van der Waals surface area contributed by atoms with Crippen molar-refractivity contribution in [3.05, 3.63) is 41.8 Å². The minimum Gasteiger partial charge on any atom is -0.439 e. The summed E-state index contributed by atoms with van der Waals surface area (Å²) in [4.78, 5) is 5.47. The molecular weight excluding hydrogens is 228 g/mol. The number of hydrogen-bond donors (Lipinski definition) is 2. The molecule has 1 aromatic carbocycles. The summed E-state index contributed by atoms with van der Waals surface area (Å²) < 4.78 is 5.70. The molecule has 96 valence electrons. The van der Waals surface area contributed by atoms with Gasteiger partial charge in [0.25, 0.3) is 0 Å². The van der Waals surface area contributed by atoms with Crippen LogP contribution in [-0.2, 0) is 11.3 Å². The van der Waals surface area contributed by atoms with Crippen molar-refractivity contribution in [3.8, 4) is 5.75 Å². The second-order valence-corrected chi connectivity index (χ2v) is 4.69. The summed E-state index contributed by atoms with van der Waals surface area (Å²) in [6, 6.07) is 8.52. The Bertz CT molecular complexity index is 439. The molecule has 0 aromatic heterocycles. The van der Waals surface area contributed by atoms with E-state index in [0.29, 0.717) is 18.5 Å². The van der Waals surface area contributed by atoms with Crippen LogP contribution < -0.4 is 15.5 Å². The molecule has 2 aliphatic rings. The van der Waals surface area contributed by atoms with E-state index in [4.69, 9.17) is 9.57 Å². The Morgan fingerprint density at radius 2 is 2.33 bits per heavy atom. The molecule has 2 heterocycles. The van der Waals surface area contributed by atoms with Crippen molar-refractivity contribution in [3.63, 3.8) is 0 Å². The van der Waals surface area contributed by atoms with Crippen LogP contribution in [0.1, 0.15) is 18.4 Å². The van der Waals surface area contributed by atoms with E-state index in [-0.39, 0.29) is 0 Å². The highest BCUT2D eigenvalue weighted by atomic mass is 16.7. The van der Waals surface area contributed by atoms with Crippen molar-refractivity contribution in [2.45, 2.75) is 25.3 Å². The van der Waals surface area contributed by atoms with Crippen molar-refractivity contribution in [2.24, 2.45) is 0 Å². The van der Waals surface area contributed by atoms with Gasteiger partial charge < -0.3 is 10.1 Å². The topological polar surface area (TPSA) is 42.5 Å². The van der Waals surface area contributed by atoms with Crippen molar-refractivity contribution in [1.29, 1.82) is 0 Å². The molecule has 1 unspecified atom stereocenters. The van der Waals surface area contributed by atoms with E-state index in [1.807, 2.05) is 24.3 Å². The van der Waals surface area contributed by atoms with E-state index < -0.39 is 0 Å². The number of para-hydroxylation sites is 1. The van der Waals surface area contributed by atoms with Gasteiger partial charge in [0.1, 0.15) is 5.75 Å². The van der Waals surface area contributed by atoms with Crippen molar-refractivity contribution in [2.75, 3.05) is 13.2 Å². The van der Waals surface area contributed by atoms with Crippen LogP contribution in [0.25, 0.3) is 0 Å². The average molecular weight is 246 g/mol. The Kier molecular flexibility index (Phi) is 3.48. The van der Waals surface area contributed by atoms with Gasteiger partial charge in [0, 0.05) is 6.04 Å². The highest BCUT2D eigenvalue weighted by Crippen LogP contribution is 2.24. The third-order valence-electron chi connectivity index (χ3n) is 3.32. The lowest BCUT2D eigenvalue weighted by Crippen LogP contribution is -2.31. The molecule has 2 N–H and O–H groups in total. The van der Waals surface area contributed by atoms with Crippen LogP contribution in [0, 0.1) is 0 Å². The molecule has 18 heavy (non-hydrogen) atoms. The first-order valence-corrected chi connectivity index (χ1v) is 6.49. The Balaban J connectivity index is 1.48. The number of nitrogens with one attached hydrogen (secondary N) is 2. The number of allylic oxidation sites excluding steroid dienone is 1. The van der Waals surface area contributed by atoms with Gasteiger partial charge in [0.05, 0.1) is 6.61 Å². The standard InChI is InChI=1S/C14H18N2O2/c1-2-6-13-11(4-1)7-8-14(18-13)16-17-10-12-5-3-9-15-12/h1-2,4,6,8,12,15-16H,3,5,7,9-10H2. The molecule has 1 atom stereocenters. The lowest BCUT2D eigenvalue weighted by molar-refractivity contribution is 0.0252. The third kappa shape index (κ3) is 2.66. The Labute approximate surface area is 107 Å². The van der Waals surface area contributed by atoms with Crippen LogP contribution in [-0.4, -0.2) is 19.2 Å². The summed E-state index contributed by atoms with van der Waals surface area (Å²) in [5.41, 5.74) is 4.10. The second kappa shape index (κ2) is 5.42. The fourth-order valence-corrected chi connectivity index (χ4v) is 2.31. The smallest absolute Gasteiger partial charge is 0.213 e. The molecule has 0 aliphatic carbocycles. The van der Waals surface area contributed by atoms with Crippen LogP contribution in [0.2, 0.25) is 0 Å². The first-order valence-electron chi connectivity index (χ1n) is 6.49. The Morgan fingerprint density at radius 3 is 3.22 bits per heavy atom. The van der Waals surface area contributed by atoms with Gasteiger partial charge in [-0.25, -0.2) is 5.48 Å². The van der Waals surface area contributed by atoms with Crippen LogP contribution in [0.3, 0.4) is 0 Å². The second-order valence-electron chi connectivity index (χ2n) is 4.69. The van der Waals surface area contributed by atoms with Gasteiger partial charge in [-0.1, -0.05) is 18.2 Å². The monoisotopic (exact) mass is 246 g/mol. The summed E-state index contributed by atoms with van der Waals surface area (Å²) in [5.74, 6) is 1.59. The number of hydrogen-bond acceptors (Lipinski definition) is 4. The molecule has 4 heteroatoms. The summed E-state index contributed by atoms with van der Waals surface area (Å²) in [6.45, 7) is 1.77. The van der Waals surface area contributed by atoms with Gasteiger partial charge in [-0.15, -0.1) is 0 Å². The molecular formula is C14H18N2O2. The number of benzene rings is 1. The quantitative estimate of drug-likeness (QED) is 0.794. The number of fused-ring (bicyclic) bond motifs is 1. The van der Waals surface area contributed by atoms with Gasteiger partial charge >= 0.3 is 0 Å². The molecule has 0 radical (unpaired) electrons. The van der Waals surface area contributed by atoms with Gasteiger partial charge in [0.15, 0.2) is 0 Å². The summed E-state index contributed by atoms with van der Waals surface area (Å²) in [5, 5.41) is 3.38. The predicted molar refractivity (Wildman–Crippen MR) is 69.0 cm³/mol. The fourth-order valence-electron chi connectivity index (χ4n) is 2.31. The molecule has 3 rings (SSSR count). The van der Waals surface area contributed by atoms with E-state index in [1.165, 1.54) is 18.4 Å². The first kappa shape index (κ1) is 11.6. The van der Waals surface area contributed by atoms with Gasteiger partial charge in [-0.3, -0.25) is 4.84 Å². The number of hydroxylamine groups is 1. The van der Waals surface area contributed by atoms with Crippen molar-refractivity contribution < 1.29 is 9.57 Å². The zero-order valence-corrected chi connectivity index (χ0v) is 10.3. The van der Waals surface area contributed by atoms with Crippen LogP contribution in [0.4, 0.5) is 0 Å². The Morgan fingerprint density at radius 1 is 1.39 bits per heavy atom. The first-order chi connectivity index (χ1) is 8.92. The highest BCUT2D eigenvalue weighted by molar-refractivity contribution is 5.38. The third-order valence-corrected chi connectivity index (χ3v) is 3.32. The lowest BCUT2D eigenvalue weighted by atomic mass is 10.1. The largest absolute Gasteiger partial charge is 0.439 e. The van der Waals surface area contributed by atoms with E-state index in [9.17, 15) is 0 Å². The van der Waals surface area contributed by atoms with Crippen molar-refractivity contribution in [1.82, 2.24) is 10.8 Å². The average Bonchev–Trinajstić information content (AvgIpc) is 2.92. The highest BCUT2D eigenvalue weighted by Gasteiger charge is 2.15. The predicted octanol–water partition coefficient (Wildman–Crippen LogP) is 1.74. The molecule has 1 saturated heterocycles. The van der Waals surface area contributed by atoms with Crippen molar-refractivity contribution >= 4 is 0 Å². The molecule has 0 bridgehead atoms. The molecule has 1 aromatic rings. The molecule has 1 fully saturated rings. The van der Waals surface area contributed by atoms with Gasteiger partial charge in [0.2, 0.25) is 5.88 Å². The number of ether oxygens (including phenoxy) is 1. The van der Waals surface area contributed by atoms with E-state index in [1.54, 1.807) is 0 Å². The number of rotatable bonds is 4. The van der Waals surface area contributed by atoms with Crippen LogP contribution >= 0.6 is 0 Å². The molecule has 4 nitrogen and oxygen atoms in total. The molecule has 0 saturated carbocycles. The molecule has 0 spiro atoms. The minimum absolute atomic E-state index is 0.467. The van der Waals surface area contributed by atoms with E-state index >= 15 is 0 Å². The summed E-state index contributed by atoms with van der Waals surface area (Å²) in [7, 11) is 0. The maximum atomic E-state index is 5.70. The minimum atomic E-state index is 0.467.